The van der Waals surface area contributed by atoms with Crippen molar-refractivity contribution in [3.05, 3.63) is 41.5 Å². The highest BCUT2D eigenvalue weighted by molar-refractivity contribution is 7.90. The zero-order valence-corrected chi connectivity index (χ0v) is 12.8. The van der Waals surface area contributed by atoms with E-state index in [1.165, 1.54) is 18.5 Å². The maximum atomic E-state index is 12.2. The summed E-state index contributed by atoms with van der Waals surface area (Å²) in [7, 11) is -3.58. The van der Waals surface area contributed by atoms with Crippen LogP contribution in [-0.4, -0.2) is 35.3 Å². The number of sulfone groups is 1. The van der Waals surface area contributed by atoms with Crippen molar-refractivity contribution in [1.82, 2.24) is 9.55 Å². The van der Waals surface area contributed by atoms with E-state index < -0.39 is 15.8 Å². The van der Waals surface area contributed by atoms with Gasteiger partial charge in [-0.25, -0.2) is 18.2 Å². The molecule has 0 saturated carbocycles. The van der Waals surface area contributed by atoms with E-state index in [-0.39, 0.29) is 10.5 Å². The van der Waals surface area contributed by atoms with Crippen LogP contribution in [0.25, 0.3) is 5.69 Å². The van der Waals surface area contributed by atoms with E-state index in [9.17, 15) is 18.3 Å². The highest BCUT2D eigenvalue weighted by Gasteiger charge is 2.24. The van der Waals surface area contributed by atoms with Crippen molar-refractivity contribution < 1.29 is 18.3 Å². The molecule has 112 valence electrons. The van der Waals surface area contributed by atoms with Gasteiger partial charge in [-0.3, -0.25) is 0 Å². The molecule has 0 aliphatic heterocycles. The normalized spacial score (nSPS) is 11.6. The number of aryl methyl sites for hydroxylation is 1. The van der Waals surface area contributed by atoms with Crippen molar-refractivity contribution in [2.45, 2.75) is 25.2 Å². The first-order chi connectivity index (χ1) is 9.75. The van der Waals surface area contributed by atoms with Crippen LogP contribution >= 0.6 is 0 Å². The number of imidazole rings is 1. The SMILES string of the molecule is CCc1c(C(=O)O)ccc(-n2cnc(C)c2)c1S(C)(=O)=O. The molecule has 21 heavy (non-hydrogen) atoms. The Balaban J connectivity index is 2.87. The lowest BCUT2D eigenvalue weighted by atomic mass is 10.0. The molecule has 0 atom stereocenters. The first-order valence-corrected chi connectivity index (χ1v) is 8.25. The maximum absolute atomic E-state index is 12.2. The minimum atomic E-state index is -3.58. The molecule has 0 unspecified atom stereocenters. The predicted octanol–water partition coefficient (Wildman–Crippen LogP) is 1.84. The van der Waals surface area contributed by atoms with E-state index in [4.69, 9.17) is 0 Å². The lowest BCUT2D eigenvalue weighted by molar-refractivity contribution is 0.0695. The molecular formula is C14H16N2O4S. The number of hydrogen-bond donors (Lipinski definition) is 1. The van der Waals surface area contributed by atoms with Gasteiger partial charge >= 0.3 is 5.97 Å². The number of aromatic carboxylic acids is 1. The molecular weight excluding hydrogens is 292 g/mol. The fourth-order valence-corrected chi connectivity index (χ4v) is 3.59. The summed E-state index contributed by atoms with van der Waals surface area (Å²) in [6, 6.07) is 2.93. The summed E-state index contributed by atoms with van der Waals surface area (Å²) < 4.78 is 25.9. The summed E-state index contributed by atoms with van der Waals surface area (Å²) >= 11 is 0. The van der Waals surface area contributed by atoms with Gasteiger partial charge in [0, 0.05) is 12.5 Å². The Morgan fingerprint density at radius 2 is 2.05 bits per heavy atom. The Labute approximate surface area is 123 Å². The fourth-order valence-electron chi connectivity index (χ4n) is 2.34. The third kappa shape index (κ3) is 2.82. The summed E-state index contributed by atoms with van der Waals surface area (Å²) in [4.78, 5) is 15.4. The monoisotopic (exact) mass is 308 g/mol. The third-order valence-electron chi connectivity index (χ3n) is 3.18. The van der Waals surface area contributed by atoms with Crippen LogP contribution in [0.1, 0.15) is 28.5 Å². The van der Waals surface area contributed by atoms with Crippen molar-refractivity contribution in [3.63, 3.8) is 0 Å². The van der Waals surface area contributed by atoms with Crippen LogP contribution in [-0.2, 0) is 16.3 Å². The zero-order valence-electron chi connectivity index (χ0n) is 12.0. The number of hydrogen-bond acceptors (Lipinski definition) is 4. The first kappa shape index (κ1) is 15.2. The number of carboxylic acid groups (broad SMARTS) is 1. The standard InChI is InChI=1S/C14H16N2O4S/c1-4-10-11(14(17)18)5-6-12(13(10)21(3,19)20)16-7-9(2)15-8-16/h5-8H,4H2,1-3H3,(H,17,18). The number of nitrogens with zero attached hydrogens (tertiary/aromatic N) is 2. The second kappa shape index (κ2) is 5.33. The van der Waals surface area contributed by atoms with Crippen LogP contribution in [0, 0.1) is 6.92 Å². The van der Waals surface area contributed by atoms with E-state index in [2.05, 4.69) is 4.98 Å². The Hall–Kier alpha value is -2.15. The third-order valence-corrected chi connectivity index (χ3v) is 4.38. The molecule has 1 aromatic heterocycles. The van der Waals surface area contributed by atoms with Gasteiger partial charge in [0.15, 0.2) is 9.84 Å². The highest BCUT2D eigenvalue weighted by atomic mass is 32.2. The highest BCUT2D eigenvalue weighted by Crippen LogP contribution is 2.28. The Morgan fingerprint density at radius 1 is 1.38 bits per heavy atom. The molecule has 0 fully saturated rings. The summed E-state index contributed by atoms with van der Waals surface area (Å²) in [5.41, 5.74) is 1.49. The number of carbonyl (C=O) groups is 1. The number of rotatable bonds is 4. The van der Waals surface area contributed by atoms with Gasteiger partial charge in [0.05, 0.1) is 28.2 Å². The largest absolute Gasteiger partial charge is 0.478 e. The Morgan fingerprint density at radius 3 is 2.48 bits per heavy atom. The molecule has 0 bridgehead atoms. The van der Waals surface area contributed by atoms with Crippen LogP contribution in [0.2, 0.25) is 0 Å². The molecule has 7 heteroatoms. The van der Waals surface area contributed by atoms with Gasteiger partial charge in [-0.15, -0.1) is 0 Å². The van der Waals surface area contributed by atoms with Gasteiger partial charge < -0.3 is 9.67 Å². The molecule has 0 aliphatic carbocycles. The smallest absolute Gasteiger partial charge is 0.336 e. The van der Waals surface area contributed by atoms with Gasteiger partial charge in [0.25, 0.3) is 0 Å². The number of carboxylic acids is 1. The lowest BCUT2D eigenvalue weighted by Crippen LogP contribution is -2.13. The van der Waals surface area contributed by atoms with E-state index in [1.54, 1.807) is 24.6 Å². The van der Waals surface area contributed by atoms with Crippen molar-refractivity contribution in [2.24, 2.45) is 0 Å². The quantitative estimate of drug-likeness (QED) is 0.931. The van der Waals surface area contributed by atoms with E-state index in [1.807, 2.05) is 0 Å². The van der Waals surface area contributed by atoms with Crippen molar-refractivity contribution in [2.75, 3.05) is 6.26 Å². The molecule has 0 radical (unpaired) electrons. The zero-order chi connectivity index (χ0) is 15.8. The fraction of sp³-hybridized carbons (Fsp3) is 0.286. The van der Waals surface area contributed by atoms with Crippen LogP contribution < -0.4 is 0 Å². The minimum Gasteiger partial charge on any atom is -0.478 e. The molecule has 1 N–H and O–H groups in total. The Bertz CT molecular complexity index is 806. The van der Waals surface area contributed by atoms with Gasteiger partial charge in [0.1, 0.15) is 0 Å². The Kier molecular flexibility index (Phi) is 3.87. The van der Waals surface area contributed by atoms with Crippen LogP contribution in [0.4, 0.5) is 0 Å². The summed E-state index contributed by atoms with van der Waals surface area (Å²) in [5.74, 6) is -1.13. The van der Waals surface area contributed by atoms with Crippen LogP contribution in [0.15, 0.2) is 29.6 Å². The average Bonchev–Trinajstić information content (AvgIpc) is 2.82. The molecule has 0 amide bonds. The molecule has 2 aromatic rings. The molecule has 0 saturated heterocycles. The van der Waals surface area contributed by atoms with Crippen LogP contribution in [0.3, 0.4) is 0 Å². The molecule has 1 heterocycles. The maximum Gasteiger partial charge on any atom is 0.336 e. The van der Waals surface area contributed by atoms with Crippen molar-refractivity contribution >= 4 is 15.8 Å². The van der Waals surface area contributed by atoms with E-state index >= 15 is 0 Å². The molecule has 2 rings (SSSR count). The minimum absolute atomic E-state index is 0.0125. The average molecular weight is 308 g/mol. The van der Waals surface area contributed by atoms with Crippen molar-refractivity contribution in [1.29, 1.82) is 0 Å². The number of benzene rings is 1. The first-order valence-electron chi connectivity index (χ1n) is 6.36. The molecule has 1 aromatic carbocycles. The summed E-state index contributed by atoms with van der Waals surface area (Å²) in [6.07, 6.45) is 4.61. The van der Waals surface area contributed by atoms with Gasteiger partial charge in [-0.05, 0) is 31.0 Å². The molecule has 0 spiro atoms. The van der Waals surface area contributed by atoms with Gasteiger partial charge in [0.2, 0.25) is 0 Å². The summed E-state index contributed by atoms with van der Waals surface area (Å²) in [5, 5.41) is 9.24. The topological polar surface area (TPSA) is 89.3 Å². The van der Waals surface area contributed by atoms with E-state index in [0.717, 1.165) is 11.9 Å². The lowest BCUT2D eigenvalue weighted by Gasteiger charge is -2.15. The van der Waals surface area contributed by atoms with Gasteiger partial charge in [-0.2, -0.15) is 0 Å². The van der Waals surface area contributed by atoms with E-state index in [0.29, 0.717) is 17.7 Å². The van der Waals surface area contributed by atoms with Gasteiger partial charge in [-0.1, -0.05) is 6.92 Å². The van der Waals surface area contributed by atoms with Crippen LogP contribution in [0.5, 0.6) is 0 Å². The predicted molar refractivity (Wildman–Crippen MR) is 77.7 cm³/mol. The second-order valence-electron chi connectivity index (χ2n) is 4.79. The second-order valence-corrected chi connectivity index (χ2v) is 6.75. The molecule has 6 nitrogen and oxygen atoms in total. The molecule has 0 aliphatic rings. The number of aromatic nitrogens is 2. The van der Waals surface area contributed by atoms with Crippen molar-refractivity contribution in [3.8, 4) is 5.69 Å². The summed E-state index contributed by atoms with van der Waals surface area (Å²) in [6.45, 7) is 3.53.